The zero-order valence-corrected chi connectivity index (χ0v) is 16.7. The van der Waals surface area contributed by atoms with Crippen molar-refractivity contribution in [3.63, 3.8) is 0 Å². The van der Waals surface area contributed by atoms with Gasteiger partial charge in [-0.2, -0.15) is 0 Å². The van der Waals surface area contributed by atoms with Crippen LogP contribution >= 0.6 is 0 Å². The molecule has 0 aliphatic rings. The summed E-state index contributed by atoms with van der Waals surface area (Å²) in [5.74, 6) is 7.56. The molecular weight excluding hydrogens is 352 g/mol. The lowest BCUT2D eigenvalue weighted by molar-refractivity contribution is 0.225. The lowest BCUT2D eigenvalue weighted by atomic mass is 10.1. The molecule has 2 aromatic rings. The fourth-order valence-corrected chi connectivity index (χ4v) is 2.65. The normalized spacial score (nSPS) is 11.3. The van der Waals surface area contributed by atoms with Crippen LogP contribution in [0, 0.1) is 17.8 Å². The van der Waals surface area contributed by atoms with Gasteiger partial charge in [-0.25, -0.2) is 4.79 Å². The number of hydrogen-bond donors (Lipinski definition) is 3. The van der Waals surface area contributed by atoms with Crippen molar-refractivity contribution in [2.24, 2.45) is 5.92 Å². The SMILES string of the molecule is COc1ccc(NC(=O)N[C@@H](CO)c2ccccc2)cc1C#CCCC(C)C. The summed E-state index contributed by atoms with van der Waals surface area (Å²) in [5.41, 5.74) is 2.17. The van der Waals surface area contributed by atoms with Gasteiger partial charge in [0, 0.05) is 12.1 Å². The fourth-order valence-electron chi connectivity index (χ4n) is 2.65. The van der Waals surface area contributed by atoms with Gasteiger partial charge in [0.05, 0.1) is 25.3 Å². The number of carbonyl (C=O) groups excluding carboxylic acids is 1. The Hall–Kier alpha value is -2.97. The first-order valence-electron chi connectivity index (χ1n) is 9.43. The molecule has 5 heteroatoms. The first-order valence-corrected chi connectivity index (χ1v) is 9.43. The molecule has 0 unspecified atom stereocenters. The van der Waals surface area contributed by atoms with E-state index in [2.05, 4.69) is 36.3 Å². The van der Waals surface area contributed by atoms with Crippen LogP contribution in [-0.2, 0) is 0 Å². The second kappa shape index (κ2) is 11.0. The van der Waals surface area contributed by atoms with Gasteiger partial charge < -0.3 is 20.5 Å². The Labute approximate surface area is 167 Å². The molecule has 2 rings (SSSR count). The van der Waals surface area contributed by atoms with Crippen molar-refractivity contribution in [2.45, 2.75) is 32.7 Å². The highest BCUT2D eigenvalue weighted by atomic mass is 16.5. The smallest absolute Gasteiger partial charge is 0.319 e. The molecule has 2 aromatic carbocycles. The van der Waals surface area contributed by atoms with Gasteiger partial charge in [-0.1, -0.05) is 56.0 Å². The third kappa shape index (κ3) is 6.64. The number of hydrogen-bond acceptors (Lipinski definition) is 3. The van der Waals surface area contributed by atoms with Crippen LogP contribution in [0.5, 0.6) is 5.75 Å². The number of amides is 2. The molecule has 0 heterocycles. The number of benzene rings is 2. The van der Waals surface area contributed by atoms with Crippen molar-refractivity contribution in [3.8, 4) is 17.6 Å². The number of carbonyl (C=O) groups is 1. The Morgan fingerprint density at radius 2 is 1.93 bits per heavy atom. The van der Waals surface area contributed by atoms with Crippen LogP contribution in [0.4, 0.5) is 10.5 Å². The number of nitrogens with one attached hydrogen (secondary N) is 2. The maximum atomic E-state index is 12.4. The minimum Gasteiger partial charge on any atom is -0.495 e. The first kappa shape index (κ1) is 21.3. The predicted octanol–water partition coefficient (Wildman–Crippen LogP) is 4.34. The quantitative estimate of drug-likeness (QED) is 0.626. The van der Waals surface area contributed by atoms with E-state index in [1.807, 2.05) is 30.3 Å². The Bertz CT molecular complexity index is 823. The highest BCUT2D eigenvalue weighted by Gasteiger charge is 2.13. The predicted molar refractivity (Wildman–Crippen MR) is 112 cm³/mol. The van der Waals surface area contributed by atoms with Crippen molar-refractivity contribution < 1.29 is 14.6 Å². The number of anilines is 1. The van der Waals surface area contributed by atoms with Crippen LogP contribution in [-0.4, -0.2) is 24.9 Å². The molecule has 2 amide bonds. The van der Waals surface area contributed by atoms with Crippen molar-refractivity contribution >= 4 is 11.7 Å². The van der Waals surface area contributed by atoms with Crippen LogP contribution in [0.2, 0.25) is 0 Å². The summed E-state index contributed by atoms with van der Waals surface area (Å²) in [6, 6.07) is 13.8. The maximum absolute atomic E-state index is 12.4. The molecule has 0 radical (unpaired) electrons. The van der Waals surface area contributed by atoms with Crippen molar-refractivity contribution in [3.05, 3.63) is 59.7 Å². The summed E-state index contributed by atoms with van der Waals surface area (Å²) in [4.78, 5) is 12.4. The molecule has 5 nitrogen and oxygen atoms in total. The summed E-state index contributed by atoms with van der Waals surface area (Å²) in [5, 5.41) is 15.2. The fraction of sp³-hybridized carbons (Fsp3) is 0.348. The van der Waals surface area contributed by atoms with Crippen molar-refractivity contribution in [2.75, 3.05) is 19.0 Å². The zero-order chi connectivity index (χ0) is 20.4. The van der Waals surface area contributed by atoms with Gasteiger partial charge in [-0.3, -0.25) is 0 Å². The minimum absolute atomic E-state index is 0.188. The van der Waals surface area contributed by atoms with E-state index in [0.717, 1.165) is 24.0 Å². The van der Waals surface area contributed by atoms with Gasteiger partial charge in [0.2, 0.25) is 0 Å². The van der Waals surface area contributed by atoms with Gasteiger partial charge in [-0.15, -0.1) is 0 Å². The second-order valence-electron chi connectivity index (χ2n) is 6.89. The second-order valence-corrected chi connectivity index (χ2v) is 6.89. The van der Waals surface area contributed by atoms with Crippen LogP contribution in [0.1, 0.15) is 43.9 Å². The topological polar surface area (TPSA) is 70.6 Å². The molecule has 28 heavy (non-hydrogen) atoms. The first-order chi connectivity index (χ1) is 13.5. The largest absolute Gasteiger partial charge is 0.495 e. The maximum Gasteiger partial charge on any atom is 0.319 e. The van der Waals surface area contributed by atoms with Gasteiger partial charge in [0.25, 0.3) is 0 Å². The van der Waals surface area contributed by atoms with Gasteiger partial charge in [-0.05, 0) is 36.1 Å². The average Bonchev–Trinajstić information content (AvgIpc) is 2.70. The van der Waals surface area contributed by atoms with E-state index < -0.39 is 12.1 Å². The van der Waals surface area contributed by atoms with Gasteiger partial charge in [0.15, 0.2) is 0 Å². The molecule has 0 fully saturated rings. The molecule has 0 saturated heterocycles. The Morgan fingerprint density at radius 3 is 2.57 bits per heavy atom. The Morgan fingerprint density at radius 1 is 1.18 bits per heavy atom. The van der Waals surface area contributed by atoms with Crippen LogP contribution in [0.15, 0.2) is 48.5 Å². The van der Waals surface area contributed by atoms with E-state index in [9.17, 15) is 9.90 Å². The van der Waals surface area contributed by atoms with Crippen LogP contribution in [0.25, 0.3) is 0 Å². The van der Waals surface area contributed by atoms with E-state index in [1.54, 1.807) is 25.3 Å². The van der Waals surface area contributed by atoms with E-state index >= 15 is 0 Å². The molecule has 0 aliphatic heterocycles. The van der Waals surface area contributed by atoms with E-state index in [0.29, 0.717) is 17.4 Å². The molecule has 3 N–H and O–H groups in total. The highest BCUT2D eigenvalue weighted by Crippen LogP contribution is 2.22. The van der Waals surface area contributed by atoms with E-state index in [1.165, 1.54) is 0 Å². The van der Waals surface area contributed by atoms with Gasteiger partial charge in [0.1, 0.15) is 5.75 Å². The summed E-state index contributed by atoms with van der Waals surface area (Å²) in [6.07, 6.45) is 1.85. The number of urea groups is 1. The molecule has 0 spiro atoms. The lowest BCUT2D eigenvalue weighted by Crippen LogP contribution is -2.34. The highest BCUT2D eigenvalue weighted by molar-refractivity contribution is 5.90. The molecule has 148 valence electrons. The molecule has 0 bridgehead atoms. The average molecular weight is 380 g/mol. The van der Waals surface area contributed by atoms with E-state index in [-0.39, 0.29) is 6.61 Å². The number of methoxy groups -OCH3 is 1. The van der Waals surface area contributed by atoms with Gasteiger partial charge >= 0.3 is 6.03 Å². The Kier molecular flexibility index (Phi) is 8.38. The molecule has 0 saturated carbocycles. The number of aliphatic hydroxyl groups excluding tert-OH is 1. The summed E-state index contributed by atoms with van der Waals surface area (Å²) < 4.78 is 5.36. The lowest BCUT2D eigenvalue weighted by Gasteiger charge is -2.17. The zero-order valence-electron chi connectivity index (χ0n) is 16.7. The number of ether oxygens (including phenoxy) is 1. The summed E-state index contributed by atoms with van der Waals surface area (Å²) >= 11 is 0. The monoisotopic (exact) mass is 380 g/mol. The summed E-state index contributed by atoms with van der Waals surface area (Å²) in [6.45, 7) is 4.15. The van der Waals surface area contributed by atoms with Crippen LogP contribution < -0.4 is 15.4 Å². The summed E-state index contributed by atoms with van der Waals surface area (Å²) in [7, 11) is 1.60. The molecule has 0 aliphatic carbocycles. The van der Waals surface area contributed by atoms with Crippen molar-refractivity contribution in [1.29, 1.82) is 0 Å². The molecular formula is C23H28N2O3. The molecule has 1 atom stereocenters. The third-order valence-corrected chi connectivity index (χ3v) is 4.22. The minimum atomic E-state index is -0.477. The standard InChI is InChI=1S/C23H28N2O3/c1-17(2)9-7-8-12-19-15-20(13-14-22(19)28-3)24-23(27)25-21(16-26)18-10-5-4-6-11-18/h4-6,10-11,13-15,17,21,26H,7,9,16H2,1-3H3,(H2,24,25,27)/t21-/m0/s1. The van der Waals surface area contributed by atoms with E-state index in [4.69, 9.17) is 4.74 Å². The Balaban J connectivity index is 2.06. The van der Waals surface area contributed by atoms with Crippen LogP contribution in [0.3, 0.4) is 0 Å². The third-order valence-electron chi connectivity index (χ3n) is 4.22. The molecule has 0 aromatic heterocycles. The number of aliphatic hydroxyl groups is 1. The van der Waals surface area contributed by atoms with Crippen molar-refractivity contribution in [1.82, 2.24) is 5.32 Å². The number of rotatable bonds is 7.